The highest BCUT2D eigenvalue weighted by Gasteiger charge is 2.26. The molecule has 3 aromatic rings. The van der Waals surface area contributed by atoms with Gasteiger partial charge in [-0.25, -0.2) is 4.98 Å². The number of aryl methyl sites for hydroxylation is 1. The third kappa shape index (κ3) is 4.47. The number of carbonyl (C=O) groups is 1. The van der Waals surface area contributed by atoms with Crippen LogP contribution < -0.4 is 4.90 Å². The van der Waals surface area contributed by atoms with Crippen LogP contribution in [0.15, 0.2) is 24.4 Å². The van der Waals surface area contributed by atoms with Gasteiger partial charge in [-0.05, 0) is 51.6 Å². The Morgan fingerprint density at radius 1 is 1.21 bits per heavy atom. The number of hydrogen-bond donors (Lipinski definition) is 0. The number of nitrogens with zero attached hydrogens (tertiary/aromatic N) is 5. The number of benzene rings is 1. The lowest BCUT2D eigenvalue weighted by Gasteiger charge is -2.25. The largest absolute Gasteiger partial charge is 0.302 e. The van der Waals surface area contributed by atoms with Gasteiger partial charge < -0.3 is 4.90 Å². The molecular formula is C21H28ClN5OS. The topological polar surface area (TPSA) is 54.3 Å². The lowest BCUT2D eigenvalue weighted by Crippen LogP contribution is -2.39. The minimum Gasteiger partial charge on any atom is -0.302 e. The van der Waals surface area contributed by atoms with Crippen molar-refractivity contribution >= 4 is 44.2 Å². The van der Waals surface area contributed by atoms with Gasteiger partial charge in [0.15, 0.2) is 5.13 Å². The van der Waals surface area contributed by atoms with E-state index in [-0.39, 0.29) is 11.9 Å². The molecule has 0 spiro atoms. The van der Waals surface area contributed by atoms with Gasteiger partial charge in [0.05, 0.1) is 15.2 Å². The Morgan fingerprint density at radius 2 is 1.93 bits per heavy atom. The Bertz CT molecular complexity index is 953. The van der Waals surface area contributed by atoms with Crippen LogP contribution in [-0.2, 0) is 0 Å². The van der Waals surface area contributed by atoms with Gasteiger partial charge in [0.2, 0.25) is 0 Å². The second-order valence-electron chi connectivity index (χ2n) is 7.28. The summed E-state index contributed by atoms with van der Waals surface area (Å²) >= 11 is 7.88. The molecule has 0 N–H and O–H groups in total. The average molecular weight is 434 g/mol. The van der Waals surface area contributed by atoms with E-state index in [0.29, 0.717) is 22.4 Å². The molecule has 1 amide bonds. The third-order valence-electron chi connectivity index (χ3n) is 5.07. The molecule has 2 heterocycles. The van der Waals surface area contributed by atoms with Crippen molar-refractivity contribution in [2.24, 2.45) is 0 Å². The predicted molar refractivity (Wildman–Crippen MR) is 121 cm³/mol. The minimum absolute atomic E-state index is 0.0869. The van der Waals surface area contributed by atoms with Crippen molar-refractivity contribution in [3.05, 3.63) is 40.7 Å². The number of amides is 1. The highest BCUT2D eigenvalue weighted by molar-refractivity contribution is 7.23. The molecule has 0 aliphatic carbocycles. The Balaban J connectivity index is 2.03. The van der Waals surface area contributed by atoms with E-state index >= 15 is 0 Å². The summed E-state index contributed by atoms with van der Waals surface area (Å²) in [4.78, 5) is 22.4. The lowest BCUT2D eigenvalue weighted by atomic mass is 10.2. The van der Waals surface area contributed by atoms with Crippen molar-refractivity contribution < 1.29 is 4.79 Å². The summed E-state index contributed by atoms with van der Waals surface area (Å²) < 4.78 is 2.68. The van der Waals surface area contributed by atoms with Crippen molar-refractivity contribution in [3.8, 4) is 0 Å². The Labute approximate surface area is 181 Å². The molecule has 3 rings (SSSR count). The van der Waals surface area contributed by atoms with E-state index in [1.165, 1.54) is 11.3 Å². The third-order valence-corrected chi connectivity index (χ3v) is 6.61. The normalized spacial score (nSPS) is 11.7. The Kier molecular flexibility index (Phi) is 6.93. The summed E-state index contributed by atoms with van der Waals surface area (Å²) in [7, 11) is 0. The van der Waals surface area contributed by atoms with Crippen LogP contribution in [0.3, 0.4) is 0 Å². The number of halogens is 1. The summed E-state index contributed by atoms with van der Waals surface area (Å²) in [6.45, 7) is 13.5. The molecule has 29 heavy (non-hydrogen) atoms. The first-order valence-corrected chi connectivity index (χ1v) is 11.2. The maximum atomic E-state index is 13.5. The Morgan fingerprint density at radius 3 is 2.55 bits per heavy atom. The molecule has 0 unspecified atom stereocenters. The van der Waals surface area contributed by atoms with E-state index < -0.39 is 0 Å². The molecule has 2 aromatic heterocycles. The van der Waals surface area contributed by atoms with Gasteiger partial charge in [0.25, 0.3) is 5.91 Å². The molecule has 0 aliphatic rings. The van der Waals surface area contributed by atoms with E-state index in [9.17, 15) is 4.79 Å². The molecule has 0 radical (unpaired) electrons. The molecule has 0 fully saturated rings. The number of carbonyl (C=O) groups excluding carboxylic acids is 1. The van der Waals surface area contributed by atoms with Crippen molar-refractivity contribution in [1.29, 1.82) is 0 Å². The molecule has 0 saturated heterocycles. The van der Waals surface area contributed by atoms with Gasteiger partial charge in [-0.15, -0.1) is 0 Å². The maximum absolute atomic E-state index is 13.5. The number of fused-ring (bicyclic) bond motifs is 1. The summed E-state index contributed by atoms with van der Waals surface area (Å²) in [5.41, 5.74) is 2.48. The molecule has 0 atom stereocenters. The fourth-order valence-corrected chi connectivity index (χ4v) is 4.65. The summed E-state index contributed by atoms with van der Waals surface area (Å²) in [6.07, 6.45) is 1.68. The zero-order chi connectivity index (χ0) is 21.1. The summed E-state index contributed by atoms with van der Waals surface area (Å²) in [5.74, 6) is -0.0869. The molecule has 0 saturated carbocycles. The summed E-state index contributed by atoms with van der Waals surface area (Å²) in [5, 5.41) is 5.67. The van der Waals surface area contributed by atoms with Gasteiger partial charge in [0.1, 0.15) is 5.69 Å². The molecule has 0 bridgehead atoms. The molecule has 6 nitrogen and oxygen atoms in total. The second-order valence-corrected chi connectivity index (χ2v) is 8.66. The van der Waals surface area contributed by atoms with E-state index in [2.05, 4.69) is 23.8 Å². The van der Waals surface area contributed by atoms with Gasteiger partial charge in [0, 0.05) is 25.3 Å². The van der Waals surface area contributed by atoms with E-state index in [1.807, 2.05) is 32.9 Å². The van der Waals surface area contributed by atoms with Crippen molar-refractivity contribution in [1.82, 2.24) is 19.7 Å². The van der Waals surface area contributed by atoms with Gasteiger partial charge >= 0.3 is 0 Å². The van der Waals surface area contributed by atoms with Gasteiger partial charge in [-0.1, -0.05) is 42.9 Å². The number of anilines is 1. The standard InChI is InChI=1S/C21H28ClN5OS/c1-6-25(7-2)12-13-26(20(28)17-10-11-23-27(17)14(3)4)21-24-18-15(5)8-9-16(22)19(18)29-21/h8-11,14H,6-7,12-13H2,1-5H3. The number of likely N-dealkylation sites (N-methyl/N-ethyl adjacent to an activating group) is 1. The first-order chi connectivity index (χ1) is 13.9. The second kappa shape index (κ2) is 9.24. The van der Waals surface area contributed by atoms with Crippen LogP contribution in [0.5, 0.6) is 0 Å². The van der Waals surface area contributed by atoms with Crippen LogP contribution >= 0.6 is 22.9 Å². The zero-order valence-corrected chi connectivity index (χ0v) is 19.2. The van der Waals surface area contributed by atoms with Gasteiger partial charge in [-0.3, -0.25) is 14.4 Å². The van der Waals surface area contributed by atoms with E-state index in [0.717, 1.165) is 35.4 Å². The monoisotopic (exact) mass is 433 g/mol. The van der Waals surface area contributed by atoms with Crippen LogP contribution in [0.4, 0.5) is 5.13 Å². The highest BCUT2D eigenvalue weighted by Crippen LogP contribution is 2.36. The molecule has 0 aliphatic heterocycles. The highest BCUT2D eigenvalue weighted by atomic mass is 35.5. The fraction of sp³-hybridized carbons (Fsp3) is 0.476. The molecule has 156 valence electrons. The molecule has 8 heteroatoms. The molecule has 1 aromatic carbocycles. The van der Waals surface area contributed by atoms with E-state index in [1.54, 1.807) is 21.8 Å². The fourth-order valence-electron chi connectivity index (χ4n) is 3.30. The van der Waals surface area contributed by atoms with Crippen LogP contribution in [0, 0.1) is 6.92 Å². The number of thiazole rings is 1. The van der Waals surface area contributed by atoms with Gasteiger partial charge in [-0.2, -0.15) is 5.10 Å². The number of rotatable bonds is 8. The smallest absolute Gasteiger partial charge is 0.278 e. The van der Waals surface area contributed by atoms with Crippen molar-refractivity contribution in [3.63, 3.8) is 0 Å². The maximum Gasteiger partial charge on any atom is 0.278 e. The first kappa shape index (κ1) is 21.7. The van der Waals surface area contributed by atoms with Crippen LogP contribution in [0.1, 0.15) is 49.8 Å². The van der Waals surface area contributed by atoms with Crippen LogP contribution in [0.2, 0.25) is 5.02 Å². The van der Waals surface area contributed by atoms with Crippen molar-refractivity contribution in [2.45, 2.75) is 40.7 Å². The van der Waals surface area contributed by atoms with Crippen molar-refractivity contribution in [2.75, 3.05) is 31.1 Å². The zero-order valence-electron chi connectivity index (χ0n) is 17.6. The number of aromatic nitrogens is 3. The SMILES string of the molecule is CCN(CC)CCN(C(=O)c1ccnn1C(C)C)c1nc2c(C)ccc(Cl)c2s1. The van der Waals surface area contributed by atoms with Crippen LogP contribution in [0.25, 0.3) is 10.2 Å². The lowest BCUT2D eigenvalue weighted by molar-refractivity contribution is 0.0971. The van der Waals surface area contributed by atoms with E-state index in [4.69, 9.17) is 16.6 Å². The Hall–Kier alpha value is -1.96. The minimum atomic E-state index is -0.0869. The van der Waals surface area contributed by atoms with Crippen LogP contribution in [-0.4, -0.2) is 51.8 Å². The average Bonchev–Trinajstić information content (AvgIpc) is 3.36. The quantitative estimate of drug-likeness (QED) is 0.500. The first-order valence-electron chi connectivity index (χ1n) is 10.0. The molecular weight excluding hydrogens is 406 g/mol. The summed E-state index contributed by atoms with van der Waals surface area (Å²) in [6, 6.07) is 5.72. The predicted octanol–water partition coefficient (Wildman–Crippen LogP) is 5.02. The number of hydrogen-bond acceptors (Lipinski definition) is 5.